The molecule has 0 fully saturated rings. The second kappa shape index (κ2) is 7.96. The summed E-state index contributed by atoms with van der Waals surface area (Å²) in [6, 6.07) is 16.2. The lowest BCUT2D eigenvalue weighted by molar-refractivity contribution is -0.135. The summed E-state index contributed by atoms with van der Waals surface area (Å²) in [5.41, 5.74) is 4.12. The van der Waals surface area contributed by atoms with Gasteiger partial charge in [-0.25, -0.2) is 4.79 Å². The second-order valence-electron chi connectivity index (χ2n) is 7.37. The number of carbonyl (C=O) groups excluding carboxylic acids is 1. The van der Waals surface area contributed by atoms with E-state index in [2.05, 4.69) is 23.3 Å². The van der Waals surface area contributed by atoms with Crippen LogP contribution >= 0.6 is 0 Å². The molecule has 2 heterocycles. The Labute approximate surface area is 170 Å². The number of nitriles is 1. The predicted octanol–water partition coefficient (Wildman–Crippen LogP) is 3.75. The lowest BCUT2D eigenvalue weighted by Gasteiger charge is -2.21. The van der Waals surface area contributed by atoms with Crippen LogP contribution in [0.4, 0.5) is 0 Å². The Balaban J connectivity index is 1.60. The van der Waals surface area contributed by atoms with Crippen LogP contribution < -0.4 is 4.74 Å². The summed E-state index contributed by atoms with van der Waals surface area (Å²) in [5.74, 6) is 0.461. The average molecular weight is 389 g/mol. The average Bonchev–Trinajstić information content (AvgIpc) is 3.33. The lowest BCUT2D eigenvalue weighted by atomic mass is 10.00. The van der Waals surface area contributed by atoms with Gasteiger partial charge in [0, 0.05) is 18.4 Å². The quantitative estimate of drug-likeness (QED) is 0.728. The van der Waals surface area contributed by atoms with Gasteiger partial charge in [-0.05, 0) is 37.1 Å². The van der Waals surface area contributed by atoms with Crippen LogP contribution in [0.3, 0.4) is 0 Å². The number of rotatable bonds is 5. The number of carbonyl (C=O) groups is 1. The first-order chi connectivity index (χ1) is 14.1. The van der Waals surface area contributed by atoms with Gasteiger partial charge in [0.05, 0.1) is 30.8 Å². The molecule has 0 aliphatic carbocycles. The van der Waals surface area contributed by atoms with Crippen molar-refractivity contribution in [1.82, 2.24) is 5.01 Å². The van der Waals surface area contributed by atoms with Crippen molar-refractivity contribution < 1.29 is 14.3 Å². The highest BCUT2D eigenvalue weighted by atomic mass is 16.5. The lowest BCUT2D eigenvalue weighted by Crippen LogP contribution is -2.23. The summed E-state index contributed by atoms with van der Waals surface area (Å²) in [5, 5.41) is 15.8. The third-order valence-corrected chi connectivity index (χ3v) is 5.30. The zero-order chi connectivity index (χ0) is 20.4. The Morgan fingerprint density at radius 3 is 2.83 bits per heavy atom. The van der Waals surface area contributed by atoms with Gasteiger partial charge < -0.3 is 9.47 Å². The maximum Gasteiger partial charge on any atom is 0.354 e. The van der Waals surface area contributed by atoms with Crippen molar-refractivity contribution in [2.45, 2.75) is 45.4 Å². The molecule has 148 valence electrons. The first-order valence-corrected chi connectivity index (χ1v) is 9.87. The monoisotopic (exact) mass is 389 g/mol. The van der Waals surface area contributed by atoms with E-state index in [9.17, 15) is 10.1 Å². The summed E-state index contributed by atoms with van der Waals surface area (Å²) in [6.07, 6.45) is 1.22. The maximum atomic E-state index is 12.0. The van der Waals surface area contributed by atoms with Gasteiger partial charge >= 0.3 is 5.97 Å². The van der Waals surface area contributed by atoms with E-state index in [0.717, 1.165) is 28.9 Å². The molecule has 6 heteroatoms. The molecule has 2 atom stereocenters. The number of esters is 1. The van der Waals surface area contributed by atoms with E-state index in [1.807, 2.05) is 42.3 Å². The molecule has 2 aromatic carbocycles. The number of nitrogens with zero attached hydrogens (tertiary/aromatic N) is 3. The van der Waals surface area contributed by atoms with Gasteiger partial charge in [0.1, 0.15) is 17.6 Å². The van der Waals surface area contributed by atoms with Gasteiger partial charge in [-0.1, -0.05) is 30.3 Å². The fourth-order valence-corrected chi connectivity index (χ4v) is 3.86. The van der Waals surface area contributed by atoms with E-state index in [-0.39, 0.29) is 18.1 Å². The highest BCUT2D eigenvalue weighted by Gasteiger charge is 2.31. The molecular weight excluding hydrogens is 366 g/mol. The fraction of sp³-hybridized carbons (Fsp3) is 0.348. The Bertz CT molecular complexity index is 994. The number of ether oxygens (including phenoxy) is 2. The predicted molar refractivity (Wildman–Crippen MR) is 108 cm³/mol. The molecule has 6 nitrogen and oxygen atoms in total. The van der Waals surface area contributed by atoms with E-state index in [1.165, 1.54) is 0 Å². The number of benzene rings is 2. The maximum absolute atomic E-state index is 12.0. The van der Waals surface area contributed by atoms with Crippen LogP contribution in [0.25, 0.3) is 0 Å². The van der Waals surface area contributed by atoms with E-state index in [1.54, 1.807) is 6.92 Å². The zero-order valence-electron chi connectivity index (χ0n) is 16.6. The normalized spacial score (nSPS) is 19.9. The molecule has 0 saturated carbocycles. The molecule has 2 unspecified atom stereocenters. The third-order valence-electron chi connectivity index (χ3n) is 5.30. The Morgan fingerprint density at radius 2 is 2.10 bits per heavy atom. The molecule has 2 aromatic rings. The summed E-state index contributed by atoms with van der Waals surface area (Å²) in [6.45, 7) is 4.62. The van der Waals surface area contributed by atoms with Crippen molar-refractivity contribution in [3.63, 3.8) is 0 Å². The molecule has 0 amide bonds. The molecule has 2 aliphatic heterocycles. The molecular formula is C23H23N3O3. The Morgan fingerprint density at radius 1 is 1.31 bits per heavy atom. The second-order valence-corrected chi connectivity index (χ2v) is 7.37. The van der Waals surface area contributed by atoms with Gasteiger partial charge in [-0.3, -0.25) is 5.01 Å². The molecule has 4 rings (SSSR count). The number of hydrazone groups is 1. The molecule has 0 spiro atoms. The largest absolute Gasteiger partial charge is 0.485 e. The summed E-state index contributed by atoms with van der Waals surface area (Å²) in [7, 11) is 0. The smallest absolute Gasteiger partial charge is 0.354 e. The molecule has 0 saturated heterocycles. The highest BCUT2D eigenvalue weighted by molar-refractivity contribution is 6.36. The van der Waals surface area contributed by atoms with Gasteiger partial charge in [0.2, 0.25) is 0 Å². The van der Waals surface area contributed by atoms with Crippen LogP contribution in [0.1, 0.15) is 48.6 Å². The molecule has 2 aliphatic rings. The highest BCUT2D eigenvalue weighted by Crippen LogP contribution is 2.41. The van der Waals surface area contributed by atoms with E-state index < -0.39 is 0 Å². The number of hydrogen-bond donors (Lipinski definition) is 0. The van der Waals surface area contributed by atoms with Gasteiger partial charge in [-0.15, -0.1) is 0 Å². The van der Waals surface area contributed by atoms with E-state index >= 15 is 0 Å². The van der Waals surface area contributed by atoms with Crippen molar-refractivity contribution in [2.75, 3.05) is 6.61 Å². The van der Waals surface area contributed by atoms with Crippen LogP contribution in [0.2, 0.25) is 0 Å². The zero-order valence-corrected chi connectivity index (χ0v) is 16.6. The SMILES string of the molecule is CCOC(=O)C1=NN(Cc2cc(C#N)cc3c2OC(c2ccccc2)C3)C(C)C1. The molecule has 29 heavy (non-hydrogen) atoms. The van der Waals surface area contributed by atoms with Crippen LogP contribution in [0.15, 0.2) is 47.6 Å². The van der Waals surface area contributed by atoms with E-state index in [4.69, 9.17) is 9.47 Å². The number of hydrogen-bond acceptors (Lipinski definition) is 6. The summed E-state index contributed by atoms with van der Waals surface area (Å²) in [4.78, 5) is 12.0. The first-order valence-electron chi connectivity index (χ1n) is 9.87. The third kappa shape index (κ3) is 3.81. The molecule has 0 radical (unpaired) electrons. The summed E-state index contributed by atoms with van der Waals surface area (Å²) < 4.78 is 11.4. The van der Waals surface area contributed by atoms with E-state index in [0.29, 0.717) is 30.8 Å². The van der Waals surface area contributed by atoms with Crippen LogP contribution in [0.5, 0.6) is 5.75 Å². The van der Waals surface area contributed by atoms with Crippen LogP contribution in [-0.4, -0.2) is 29.3 Å². The number of fused-ring (bicyclic) bond motifs is 1. The molecule has 0 aromatic heterocycles. The standard InChI is InChI=1S/C23H23N3O3/c1-3-28-23(27)20-9-15(2)26(25-20)14-19-11-16(13-24)10-18-12-21(29-22(18)19)17-7-5-4-6-8-17/h4-8,10-11,15,21H,3,9,12,14H2,1-2H3. The van der Waals surface area contributed by atoms with Crippen LogP contribution in [0, 0.1) is 11.3 Å². The topological polar surface area (TPSA) is 74.9 Å². The minimum atomic E-state index is -0.363. The van der Waals surface area contributed by atoms with Crippen molar-refractivity contribution in [2.24, 2.45) is 5.10 Å². The Kier molecular flexibility index (Phi) is 5.22. The minimum absolute atomic E-state index is 0.0616. The van der Waals surface area contributed by atoms with Crippen molar-refractivity contribution in [3.8, 4) is 11.8 Å². The van der Waals surface area contributed by atoms with Gasteiger partial charge in [0.15, 0.2) is 0 Å². The van der Waals surface area contributed by atoms with Crippen molar-refractivity contribution in [1.29, 1.82) is 5.26 Å². The minimum Gasteiger partial charge on any atom is -0.485 e. The summed E-state index contributed by atoms with van der Waals surface area (Å²) >= 11 is 0. The van der Waals surface area contributed by atoms with Crippen LogP contribution in [-0.2, 0) is 22.5 Å². The molecule has 0 N–H and O–H groups in total. The van der Waals surface area contributed by atoms with Gasteiger partial charge in [-0.2, -0.15) is 10.4 Å². The van der Waals surface area contributed by atoms with Gasteiger partial charge in [0.25, 0.3) is 0 Å². The van der Waals surface area contributed by atoms with Crippen molar-refractivity contribution >= 4 is 11.7 Å². The van der Waals surface area contributed by atoms with Crippen molar-refractivity contribution in [3.05, 3.63) is 64.7 Å². The first kappa shape index (κ1) is 19.0. The Hall–Kier alpha value is -3.33. The fourth-order valence-electron chi connectivity index (χ4n) is 3.86. The molecule has 0 bridgehead atoms.